The van der Waals surface area contributed by atoms with Crippen LogP contribution in [0.5, 0.6) is 0 Å². The number of anilines is 1. The SMILES string of the molecule is CC(C)(O)CC1CNc2cccc(C(F)(F)F)c21. The van der Waals surface area contributed by atoms with Crippen molar-refractivity contribution in [3.05, 3.63) is 29.3 Å². The summed E-state index contributed by atoms with van der Waals surface area (Å²) in [6, 6.07) is 4.15. The molecule has 1 aromatic carbocycles. The summed E-state index contributed by atoms with van der Waals surface area (Å²) in [5.74, 6) is -0.308. The van der Waals surface area contributed by atoms with Crippen LogP contribution in [0.3, 0.4) is 0 Å². The smallest absolute Gasteiger partial charge is 0.390 e. The Hall–Kier alpha value is -1.23. The van der Waals surface area contributed by atoms with Gasteiger partial charge in [0.15, 0.2) is 0 Å². The summed E-state index contributed by atoms with van der Waals surface area (Å²) in [5, 5.41) is 12.8. The monoisotopic (exact) mass is 259 g/mol. The van der Waals surface area contributed by atoms with E-state index in [0.29, 0.717) is 18.7 Å². The van der Waals surface area contributed by atoms with E-state index in [4.69, 9.17) is 0 Å². The standard InChI is InChI=1S/C13H16F3NO/c1-12(2,18)6-8-7-17-10-5-3-4-9(11(8)10)13(14,15)16/h3-5,8,17-18H,6-7H2,1-2H3. The molecule has 2 rings (SSSR count). The Morgan fingerprint density at radius 1 is 1.33 bits per heavy atom. The molecule has 2 N–H and O–H groups in total. The zero-order chi connectivity index (χ0) is 13.6. The Kier molecular flexibility index (Phi) is 3.05. The molecule has 0 radical (unpaired) electrons. The lowest BCUT2D eigenvalue weighted by molar-refractivity contribution is -0.138. The number of aliphatic hydroxyl groups is 1. The summed E-state index contributed by atoms with van der Waals surface area (Å²) in [7, 11) is 0. The molecule has 5 heteroatoms. The zero-order valence-electron chi connectivity index (χ0n) is 10.3. The molecule has 1 aromatic rings. The number of benzene rings is 1. The maximum absolute atomic E-state index is 13.0. The lowest BCUT2D eigenvalue weighted by Gasteiger charge is -2.23. The molecule has 2 nitrogen and oxygen atoms in total. The summed E-state index contributed by atoms with van der Waals surface area (Å²) >= 11 is 0. The van der Waals surface area contributed by atoms with E-state index in [2.05, 4.69) is 5.32 Å². The minimum Gasteiger partial charge on any atom is -0.390 e. The Morgan fingerprint density at radius 2 is 2.00 bits per heavy atom. The predicted octanol–water partition coefficient (Wildman–Crippen LogP) is 3.38. The van der Waals surface area contributed by atoms with Gasteiger partial charge in [-0.3, -0.25) is 0 Å². The first kappa shape index (κ1) is 13.2. The maximum atomic E-state index is 13.0. The first-order valence-electron chi connectivity index (χ1n) is 5.85. The van der Waals surface area contributed by atoms with Crippen LogP contribution in [0, 0.1) is 0 Å². The zero-order valence-corrected chi connectivity index (χ0v) is 10.3. The molecule has 1 heterocycles. The average molecular weight is 259 g/mol. The second-order valence-corrected chi connectivity index (χ2v) is 5.36. The van der Waals surface area contributed by atoms with Gasteiger partial charge in [-0.2, -0.15) is 13.2 Å². The van der Waals surface area contributed by atoms with Crippen molar-refractivity contribution >= 4 is 5.69 Å². The second kappa shape index (κ2) is 4.16. The van der Waals surface area contributed by atoms with E-state index in [1.807, 2.05) is 0 Å². The molecule has 0 aliphatic carbocycles. The Labute approximate surface area is 104 Å². The van der Waals surface area contributed by atoms with Crippen LogP contribution in [0.25, 0.3) is 0 Å². The molecule has 0 amide bonds. The number of rotatable bonds is 2. The summed E-state index contributed by atoms with van der Waals surface area (Å²) in [6.07, 6.45) is -4.05. The van der Waals surface area contributed by atoms with Crippen molar-refractivity contribution in [3.8, 4) is 0 Å². The van der Waals surface area contributed by atoms with Crippen molar-refractivity contribution in [1.82, 2.24) is 0 Å². The van der Waals surface area contributed by atoms with Crippen molar-refractivity contribution in [2.45, 2.75) is 38.0 Å². The van der Waals surface area contributed by atoms with Gasteiger partial charge in [0, 0.05) is 18.2 Å². The molecular weight excluding hydrogens is 243 g/mol. The quantitative estimate of drug-likeness (QED) is 0.853. The molecule has 1 aliphatic rings. The molecule has 0 saturated heterocycles. The van der Waals surface area contributed by atoms with Gasteiger partial charge in [-0.25, -0.2) is 0 Å². The molecule has 100 valence electrons. The number of nitrogens with one attached hydrogen (secondary N) is 1. The van der Waals surface area contributed by atoms with Crippen LogP contribution >= 0.6 is 0 Å². The Morgan fingerprint density at radius 3 is 2.56 bits per heavy atom. The molecule has 1 atom stereocenters. The summed E-state index contributed by atoms with van der Waals surface area (Å²) < 4.78 is 38.9. The van der Waals surface area contributed by atoms with Crippen LogP contribution < -0.4 is 5.32 Å². The van der Waals surface area contributed by atoms with E-state index >= 15 is 0 Å². The highest BCUT2D eigenvalue weighted by molar-refractivity contribution is 5.61. The lowest BCUT2D eigenvalue weighted by atomic mass is 9.87. The van der Waals surface area contributed by atoms with Crippen molar-refractivity contribution in [1.29, 1.82) is 0 Å². The molecule has 18 heavy (non-hydrogen) atoms. The van der Waals surface area contributed by atoms with E-state index in [9.17, 15) is 18.3 Å². The number of hydrogen-bond acceptors (Lipinski definition) is 2. The van der Waals surface area contributed by atoms with E-state index in [1.54, 1.807) is 19.9 Å². The van der Waals surface area contributed by atoms with Gasteiger partial charge < -0.3 is 10.4 Å². The second-order valence-electron chi connectivity index (χ2n) is 5.36. The molecule has 1 aliphatic heterocycles. The van der Waals surface area contributed by atoms with Gasteiger partial charge in [-0.15, -0.1) is 0 Å². The predicted molar refractivity (Wildman–Crippen MR) is 63.6 cm³/mol. The van der Waals surface area contributed by atoms with Crippen LogP contribution in [0.4, 0.5) is 18.9 Å². The first-order chi connectivity index (χ1) is 8.18. The highest BCUT2D eigenvalue weighted by atomic mass is 19.4. The average Bonchev–Trinajstić information content (AvgIpc) is 2.57. The highest BCUT2D eigenvalue weighted by Gasteiger charge is 2.39. The largest absolute Gasteiger partial charge is 0.416 e. The van der Waals surface area contributed by atoms with E-state index in [0.717, 1.165) is 6.07 Å². The summed E-state index contributed by atoms with van der Waals surface area (Å²) in [5.41, 5.74) is -0.766. The normalized spacial score (nSPS) is 19.6. The third kappa shape index (κ3) is 2.61. The van der Waals surface area contributed by atoms with Crippen molar-refractivity contribution in [2.24, 2.45) is 0 Å². The third-order valence-corrected chi connectivity index (χ3v) is 3.10. The fourth-order valence-electron chi connectivity index (χ4n) is 2.52. The summed E-state index contributed by atoms with van der Waals surface area (Å²) in [4.78, 5) is 0. The number of alkyl halides is 3. The topological polar surface area (TPSA) is 32.3 Å². The molecule has 0 bridgehead atoms. The van der Waals surface area contributed by atoms with Gasteiger partial charge in [0.05, 0.1) is 11.2 Å². The van der Waals surface area contributed by atoms with Crippen LogP contribution in [0.1, 0.15) is 37.3 Å². The third-order valence-electron chi connectivity index (χ3n) is 3.10. The maximum Gasteiger partial charge on any atom is 0.416 e. The fraction of sp³-hybridized carbons (Fsp3) is 0.538. The van der Waals surface area contributed by atoms with Gasteiger partial charge in [-0.05, 0) is 38.0 Å². The summed E-state index contributed by atoms with van der Waals surface area (Å²) in [6.45, 7) is 3.66. The van der Waals surface area contributed by atoms with Gasteiger partial charge in [0.1, 0.15) is 0 Å². The van der Waals surface area contributed by atoms with Gasteiger partial charge in [0.25, 0.3) is 0 Å². The fourth-order valence-corrected chi connectivity index (χ4v) is 2.52. The molecule has 1 unspecified atom stereocenters. The van der Waals surface area contributed by atoms with Gasteiger partial charge in [0.2, 0.25) is 0 Å². The minimum absolute atomic E-state index is 0.284. The molecular formula is C13H16F3NO. The van der Waals surface area contributed by atoms with Gasteiger partial charge >= 0.3 is 6.18 Å². The van der Waals surface area contributed by atoms with Crippen LogP contribution in [0.2, 0.25) is 0 Å². The highest BCUT2D eigenvalue weighted by Crippen LogP contribution is 2.44. The van der Waals surface area contributed by atoms with Crippen molar-refractivity contribution < 1.29 is 18.3 Å². The number of halogens is 3. The van der Waals surface area contributed by atoms with E-state index in [-0.39, 0.29) is 11.5 Å². The van der Waals surface area contributed by atoms with Gasteiger partial charge in [-0.1, -0.05) is 6.07 Å². The minimum atomic E-state index is -4.35. The number of hydrogen-bond donors (Lipinski definition) is 2. The molecule has 0 spiro atoms. The molecule has 0 saturated carbocycles. The molecule has 0 aromatic heterocycles. The van der Waals surface area contributed by atoms with Crippen LogP contribution in [-0.4, -0.2) is 17.3 Å². The van der Waals surface area contributed by atoms with Crippen molar-refractivity contribution in [3.63, 3.8) is 0 Å². The van der Waals surface area contributed by atoms with Crippen LogP contribution in [-0.2, 0) is 6.18 Å². The Bertz CT molecular complexity index is 449. The Balaban J connectivity index is 2.42. The number of fused-ring (bicyclic) bond motifs is 1. The van der Waals surface area contributed by atoms with Crippen molar-refractivity contribution in [2.75, 3.05) is 11.9 Å². The lowest BCUT2D eigenvalue weighted by Crippen LogP contribution is -2.24. The first-order valence-corrected chi connectivity index (χ1v) is 5.85. The van der Waals surface area contributed by atoms with E-state index < -0.39 is 17.3 Å². The molecule has 0 fully saturated rings. The van der Waals surface area contributed by atoms with E-state index in [1.165, 1.54) is 6.07 Å². The van der Waals surface area contributed by atoms with Crippen LogP contribution in [0.15, 0.2) is 18.2 Å².